The van der Waals surface area contributed by atoms with Crippen LogP contribution in [0.5, 0.6) is 0 Å². The molecule has 0 amide bonds. The summed E-state index contributed by atoms with van der Waals surface area (Å²) in [5.41, 5.74) is 0.697. The summed E-state index contributed by atoms with van der Waals surface area (Å²) < 4.78 is 0. The summed E-state index contributed by atoms with van der Waals surface area (Å²) in [6.07, 6.45) is 21.5. The Morgan fingerprint density at radius 3 is 1.35 bits per heavy atom. The molecule has 0 rings (SSSR count). The molecule has 0 bridgehead atoms. The molecule has 0 aromatic heterocycles. The lowest BCUT2D eigenvalue weighted by Crippen LogP contribution is -2.21. The Kier molecular flexibility index (Phi) is 14.7. The van der Waals surface area contributed by atoms with Crippen LogP contribution in [0.15, 0.2) is 0 Å². The first kappa shape index (κ1) is 20.4. The van der Waals surface area contributed by atoms with Gasteiger partial charge >= 0.3 is 0 Å². The van der Waals surface area contributed by atoms with Gasteiger partial charge in [-0.2, -0.15) is 0 Å². The van der Waals surface area contributed by atoms with Crippen molar-refractivity contribution in [1.29, 1.82) is 0 Å². The van der Waals surface area contributed by atoms with E-state index in [-0.39, 0.29) is 0 Å². The molecule has 0 aliphatic carbocycles. The molecule has 0 saturated heterocycles. The van der Waals surface area contributed by atoms with Crippen LogP contribution in [0.25, 0.3) is 0 Å². The van der Waals surface area contributed by atoms with Crippen LogP contribution >= 0.6 is 9.24 Å². The van der Waals surface area contributed by atoms with Gasteiger partial charge in [-0.15, -0.1) is 9.24 Å². The van der Waals surface area contributed by atoms with Crippen molar-refractivity contribution < 1.29 is 0 Å². The quantitative estimate of drug-likeness (QED) is 0.219. The first-order chi connectivity index (χ1) is 9.74. The molecule has 0 aliphatic heterocycles. The number of hydrogen-bond acceptors (Lipinski definition) is 0. The zero-order valence-electron chi connectivity index (χ0n) is 14.7. The molecule has 1 heteroatoms. The summed E-state index contributed by atoms with van der Waals surface area (Å²) in [7, 11) is 2.86. The fourth-order valence-electron chi connectivity index (χ4n) is 3.40. The van der Waals surface area contributed by atoms with Gasteiger partial charge in [0.2, 0.25) is 0 Å². The number of unbranched alkanes of at least 4 members (excludes halogenated alkanes) is 6. The van der Waals surface area contributed by atoms with Crippen molar-refractivity contribution in [1.82, 2.24) is 0 Å². The summed E-state index contributed by atoms with van der Waals surface area (Å²) in [5, 5.41) is 0. The molecular weight excluding hydrogens is 259 g/mol. The lowest BCUT2D eigenvalue weighted by molar-refractivity contribution is 0.176. The van der Waals surface area contributed by atoms with Gasteiger partial charge in [0.05, 0.1) is 0 Å². The molecule has 20 heavy (non-hydrogen) atoms. The Morgan fingerprint density at radius 2 is 0.950 bits per heavy atom. The molecule has 0 saturated carbocycles. The van der Waals surface area contributed by atoms with Gasteiger partial charge in [-0.1, -0.05) is 78.6 Å². The molecule has 0 aromatic rings. The Labute approximate surface area is 132 Å². The Balaban J connectivity index is 4.34. The van der Waals surface area contributed by atoms with Crippen LogP contribution in [0.1, 0.15) is 111 Å². The Bertz CT molecular complexity index is 166. The van der Waals surface area contributed by atoms with Gasteiger partial charge in [0.15, 0.2) is 0 Å². The average Bonchev–Trinajstić information content (AvgIpc) is 2.48. The van der Waals surface area contributed by atoms with Crippen LogP contribution < -0.4 is 0 Å². The second-order valence-electron chi connectivity index (χ2n) is 6.76. The molecule has 0 radical (unpaired) electrons. The van der Waals surface area contributed by atoms with E-state index in [0.717, 1.165) is 0 Å². The fraction of sp³-hybridized carbons (Fsp3) is 1.00. The first-order valence-corrected chi connectivity index (χ1v) is 10.3. The van der Waals surface area contributed by atoms with Crippen LogP contribution in [-0.2, 0) is 0 Å². The number of hydrogen-bond donors (Lipinski definition) is 0. The summed E-state index contributed by atoms with van der Waals surface area (Å²) in [6, 6.07) is 0. The van der Waals surface area contributed by atoms with E-state index in [2.05, 4.69) is 30.0 Å². The maximum absolute atomic E-state index is 2.86. The zero-order valence-corrected chi connectivity index (χ0v) is 15.8. The van der Waals surface area contributed by atoms with Gasteiger partial charge in [0.25, 0.3) is 0 Å². The second kappa shape index (κ2) is 14.4. The second-order valence-corrected chi connectivity index (χ2v) is 7.34. The smallest absolute Gasteiger partial charge is 0.0297 e. The first-order valence-electron chi connectivity index (χ1n) is 9.44. The van der Waals surface area contributed by atoms with E-state index in [1.807, 2.05) is 0 Å². The van der Waals surface area contributed by atoms with E-state index in [1.165, 1.54) is 96.1 Å². The zero-order chi connectivity index (χ0) is 15.1. The van der Waals surface area contributed by atoms with Crippen LogP contribution in [0.3, 0.4) is 0 Å². The van der Waals surface area contributed by atoms with Crippen LogP contribution in [0.2, 0.25) is 0 Å². The molecule has 0 aromatic carbocycles. The van der Waals surface area contributed by atoms with Crippen molar-refractivity contribution in [3.05, 3.63) is 0 Å². The highest BCUT2D eigenvalue weighted by molar-refractivity contribution is 7.16. The van der Waals surface area contributed by atoms with Crippen molar-refractivity contribution in [2.24, 2.45) is 5.41 Å². The predicted octanol–water partition coefficient (Wildman–Crippen LogP) is 7.37. The fourth-order valence-corrected chi connectivity index (χ4v) is 3.69. The third-order valence-corrected chi connectivity index (χ3v) is 5.25. The minimum absolute atomic E-state index is 0.697. The monoisotopic (exact) mass is 300 g/mol. The Morgan fingerprint density at radius 1 is 0.550 bits per heavy atom. The lowest BCUT2D eigenvalue weighted by atomic mass is 9.71. The average molecular weight is 301 g/mol. The van der Waals surface area contributed by atoms with Crippen LogP contribution in [-0.4, -0.2) is 6.16 Å². The van der Waals surface area contributed by atoms with Crippen molar-refractivity contribution in [3.8, 4) is 0 Å². The maximum Gasteiger partial charge on any atom is -0.0297 e. The molecule has 0 N–H and O–H groups in total. The molecule has 0 spiro atoms. The molecule has 0 heterocycles. The third kappa shape index (κ3) is 10.2. The topological polar surface area (TPSA) is 0 Å². The van der Waals surface area contributed by atoms with Gasteiger partial charge in [-0.3, -0.25) is 0 Å². The molecule has 0 aliphatic rings. The van der Waals surface area contributed by atoms with E-state index >= 15 is 0 Å². The van der Waals surface area contributed by atoms with Crippen molar-refractivity contribution in [2.75, 3.05) is 6.16 Å². The van der Waals surface area contributed by atoms with Gasteiger partial charge < -0.3 is 0 Å². The van der Waals surface area contributed by atoms with Crippen molar-refractivity contribution >= 4 is 9.24 Å². The van der Waals surface area contributed by atoms with Gasteiger partial charge in [-0.25, -0.2) is 0 Å². The van der Waals surface area contributed by atoms with Gasteiger partial charge in [-0.05, 0) is 43.7 Å². The lowest BCUT2D eigenvalue weighted by Gasteiger charge is -2.35. The van der Waals surface area contributed by atoms with Gasteiger partial charge in [0, 0.05) is 0 Å². The molecule has 0 nitrogen and oxygen atoms in total. The highest BCUT2D eigenvalue weighted by Gasteiger charge is 2.27. The predicted molar refractivity (Wildman–Crippen MR) is 98.7 cm³/mol. The van der Waals surface area contributed by atoms with E-state index in [4.69, 9.17) is 0 Å². The van der Waals surface area contributed by atoms with Gasteiger partial charge in [0.1, 0.15) is 0 Å². The van der Waals surface area contributed by atoms with E-state index < -0.39 is 0 Å². The standard InChI is InChI=1S/C19H41P/c1-4-7-14-19(15-8-5-2,16-9-6-3)17-12-10-11-13-18-20/h4-18,20H2,1-3H3. The highest BCUT2D eigenvalue weighted by Crippen LogP contribution is 2.41. The number of rotatable bonds is 15. The van der Waals surface area contributed by atoms with Crippen LogP contribution in [0.4, 0.5) is 0 Å². The van der Waals surface area contributed by atoms with Crippen LogP contribution in [0, 0.1) is 5.41 Å². The minimum atomic E-state index is 0.697. The summed E-state index contributed by atoms with van der Waals surface area (Å²) in [5.74, 6) is 0. The minimum Gasteiger partial charge on any atom is -0.138 e. The maximum atomic E-state index is 2.86. The molecule has 1 unspecified atom stereocenters. The molecule has 1 atom stereocenters. The summed E-state index contributed by atoms with van der Waals surface area (Å²) in [4.78, 5) is 0. The Hall–Kier alpha value is 0.430. The molecule has 0 fully saturated rings. The van der Waals surface area contributed by atoms with E-state index in [0.29, 0.717) is 5.41 Å². The SMILES string of the molecule is CCCCC(CCCC)(CCCC)CCCCCCP. The molecule has 122 valence electrons. The summed E-state index contributed by atoms with van der Waals surface area (Å²) in [6.45, 7) is 7.05. The normalized spacial score (nSPS) is 12.0. The highest BCUT2D eigenvalue weighted by atomic mass is 31.0. The summed E-state index contributed by atoms with van der Waals surface area (Å²) >= 11 is 0. The van der Waals surface area contributed by atoms with Crippen molar-refractivity contribution in [3.63, 3.8) is 0 Å². The van der Waals surface area contributed by atoms with E-state index in [9.17, 15) is 0 Å². The van der Waals surface area contributed by atoms with Crippen molar-refractivity contribution in [2.45, 2.75) is 111 Å². The third-order valence-electron chi connectivity index (χ3n) is 4.84. The largest absolute Gasteiger partial charge is 0.138 e. The molecular formula is C19H41P. The van der Waals surface area contributed by atoms with E-state index in [1.54, 1.807) is 0 Å².